The number of amides is 1. The lowest BCUT2D eigenvalue weighted by Gasteiger charge is -2.22. The number of carbonyl (C=O) groups is 1. The molecule has 6 nitrogen and oxygen atoms in total. The summed E-state index contributed by atoms with van der Waals surface area (Å²) >= 11 is 6.10. The number of benzene rings is 1. The summed E-state index contributed by atoms with van der Waals surface area (Å²) in [6.07, 6.45) is 1.86. The number of carbonyl (C=O) groups excluding carboxylic acids is 1. The topological polar surface area (TPSA) is 56.6 Å². The van der Waals surface area contributed by atoms with Gasteiger partial charge in [0.15, 0.2) is 0 Å². The van der Waals surface area contributed by atoms with Gasteiger partial charge >= 0.3 is 0 Å². The van der Waals surface area contributed by atoms with Crippen LogP contribution in [0.3, 0.4) is 0 Å². The van der Waals surface area contributed by atoms with Crippen molar-refractivity contribution >= 4 is 17.5 Å². The van der Waals surface area contributed by atoms with Crippen LogP contribution in [0.1, 0.15) is 21.7 Å². The molecule has 1 aliphatic rings. The molecule has 0 aliphatic carbocycles. The second-order valence-corrected chi connectivity index (χ2v) is 6.59. The van der Waals surface area contributed by atoms with E-state index in [1.165, 1.54) is 0 Å². The van der Waals surface area contributed by atoms with Crippen molar-refractivity contribution in [3.8, 4) is 17.2 Å². The van der Waals surface area contributed by atoms with Crippen LogP contribution in [-0.4, -0.2) is 34.6 Å². The average Bonchev–Trinajstić information content (AvgIpc) is 3.13. The first kappa shape index (κ1) is 17.4. The molecule has 3 heterocycles. The first-order valence-electron chi connectivity index (χ1n) is 8.44. The fourth-order valence-corrected chi connectivity index (χ4v) is 3.46. The highest BCUT2D eigenvalue weighted by Gasteiger charge is 2.27. The monoisotopic (exact) mass is 383 g/mol. The molecule has 7 heteroatoms. The maximum Gasteiger partial charge on any atom is 0.271 e. The fraction of sp³-hybridized carbons (Fsp3) is 0.200. The molecule has 1 aromatic carbocycles. The van der Waals surface area contributed by atoms with E-state index in [4.69, 9.17) is 21.1 Å². The molecule has 138 valence electrons. The van der Waals surface area contributed by atoms with Gasteiger partial charge in [-0.3, -0.25) is 4.79 Å². The largest absolute Gasteiger partial charge is 0.497 e. The predicted molar refractivity (Wildman–Crippen MR) is 102 cm³/mol. The third-order valence-corrected chi connectivity index (χ3v) is 4.84. The SMILES string of the molecule is COc1ccc(CN2Cc3nc(Cl)ccc3-n3cccc3C2=O)c(OC)c1. The Morgan fingerprint density at radius 3 is 2.78 bits per heavy atom. The number of rotatable bonds is 4. The molecular weight excluding hydrogens is 366 g/mol. The van der Waals surface area contributed by atoms with Crippen LogP contribution in [-0.2, 0) is 13.1 Å². The van der Waals surface area contributed by atoms with Crippen molar-refractivity contribution in [3.63, 3.8) is 0 Å². The normalized spacial score (nSPS) is 13.0. The summed E-state index contributed by atoms with van der Waals surface area (Å²) in [5, 5.41) is 0.402. The molecule has 27 heavy (non-hydrogen) atoms. The quantitative estimate of drug-likeness (QED) is 0.644. The number of methoxy groups -OCH3 is 2. The van der Waals surface area contributed by atoms with Crippen molar-refractivity contribution in [2.45, 2.75) is 13.1 Å². The highest BCUT2D eigenvalue weighted by Crippen LogP contribution is 2.30. The first-order valence-corrected chi connectivity index (χ1v) is 8.82. The van der Waals surface area contributed by atoms with Gasteiger partial charge in [0, 0.05) is 17.8 Å². The van der Waals surface area contributed by atoms with E-state index < -0.39 is 0 Å². The van der Waals surface area contributed by atoms with E-state index in [1.807, 2.05) is 47.2 Å². The fourth-order valence-electron chi connectivity index (χ4n) is 3.30. The van der Waals surface area contributed by atoms with Gasteiger partial charge in [-0.1, -0.05) is 11.6 Å². The summed E-state index contributed by atoms with van der Waals surface area (Å²) in [5.41, 5.74) is 3.08. The highest BCUT2D eigenvalue weighted by molar-refractivity contribution is 6.29. The molecule has 3 aromatic rings. The van der Waals surface area contributed by atoms with Crippen molar-refractivity contribution in [2.75, 3.05) is 14.2 Å². The summed E-state index contributed by atoms with van der Waals surface area (Å²) in [5.74, 6) is 1.29. The predicted octanol–water partition coefficient (Wildman–Crippen LogP) is 3.70. The van der Waals surface area contributed by atoms with E-state index in [-0.39, 0.29) is 5.91 Å². The molecule has 1 aliphatic heterocycles. The van der Waals surface area contributed by atoms with Gasteiger partial charge in [-0.2, -0.15) is 0 Å². The molecule has 0 atom stereocenters. The van der Waals surface area contributed by atoms with Gasteiger partial charge in [-0.25, -0.2) is 4.98 Å². The number of nitrogens with zero attached hydrogens (tertiary/aromatic N) is 3. The zero-order chi connectivity index (χ0) is 19.0. The molecule has 0 spiro atoms. The average molecular weight is 384 g/mol. The number of hydrogen-bond acceptors (Lipinski definition) is 4. The van der Waals surface area contributed by atoms with Crippen LogP contribution in [0.4, 0.5) is 0 Å². The third-order valence-electron chi connectivity index (χ3n) is 4.63. The summed E-state index contributed by atoms with van der Waals surface area (Å²) in [6.45, 7) is 0.733. The minimum atomic E-state index is -0.0769. The van der Waals surface area contributed by atoms with Crippen LogP contribution in [0.5, 0.6) is 11.5 Å². The first-order chi connectivity index (χ1) is 13.1. The molecule has 2 aromatic heterocycles. The summed E-state index contributed by atoms with van der Waals surface area (Å²) in [6, 6.07) is 12.8. The second-order valence-electron chi connectivity index (χ2n) is 6.20. The Morgan fingerprint density at radius 2 is 2.00 bits per heavy atom. The van der Waals surface area contributed by atoms with Crippen molar-refractivity contribution in [3.05, 3.63) is 70.8 Å². The number of ether oxygens (including phenoxy) is 2. The Labute approximate surface area is 161 Å². The maximum absolute atomic E-state index is 13.2. The number of pyridine rings is 1. The van der Waals surface area contributed by atoms with E-state index in [1.54, 1.807) is 25.2 Å². The zero-order valence-electron chi connectivity index (χ0n) is 15.0. The van der Waals surface area contributed by atoms with Gasteiger partial charge in [-0.05, 0) is 36.4 Å². The van der Waals surface area contributed by atoms with Crippen LogP contribution in [0.15, 0.2) is 48.7 Å². The van der Waals surface area contributed by atoms with Crippen molar-refractivity contribution in [1.82, 2.24) is 14.5 Å². The van der Waals surface area contributed by atoms with E-state index in [0.29, 0.717) is 35.4 Å². The van der Waals surface area contributed by atoms with Crippen molar-refractivity contribution in [1.29, 1.82) is 0 Å². The Bertz CT molecular complexity index is 1020. The molecule has 0 radical (unpaired) electrons. The van der Waals surface area contributed by atoms with Gasteiger partial charge < -0.3 is 18.9 Å². The molecule has 0 unspecified atom stereocenters. The van der Waals surface area contributed by atoms with E-state index >= 15 is 0 Å². The highest BCUT2D eigenvalue weighted by atomic mass is 35.5. The Hall–Kier alpha value is -2.99. The summed E-state index contributed by atoms with van der Waals surface area (Å²) in [4.78, 5) is 19.3. The standard InChI is InChI=1S/C20H18ClN3O3/c1-26-14-6-5-13(18(10-14)27-2)11-23-12-15-16(7-8-19(21)22-15)24-9-3-4-17(24)20(23)25/h3-10H,11-12H2,1-2H3. The third kappa shape index (κ3) is 3.13. The molecule has 0 saturated carbocycles. The second kappa shape index (κ2) is 6.96. The van der Waals surface area contributed by atoms with Gasteiger partial charge in [0.2, 0.25) is 0 Å². The molecule has 0 saturated heterocycles. The smallest absolute Gasteiger partial charge is 0.271 e. The lowest BCUT2D eigenvalue weighted by atomic mass is 10.1. The van der Waals surface area contributed by atoms with Crippen LogP contribution in [0, 0.1) is 0 Å². The zero-order valence-corrected chi connectivity index (χ0v) is 15.7. The summed E-state index contributed by atoms with van der Waals surface area (Å²) in [7, 11) is 3.21. The minimum absolute atomic E-state index is 0.0769. The van der Waals surface area contributed by atoms with Gasteiger partial charge in [0.25, 0.3) is 5.91 Å². The molecule has 4 rings (SSSR count). The maximum atomic E-state index is 13.2. The molecular formula is C20H18ClN3O3. The van der Waals surface area contributed by atoms with E-state index in [0.717, 1.165) is 16.9 Å². The number of halogens is 1. The lowest BCUT2D eigenvalue weighted by molar-refractivity contribution is 0.0725. The number of aromatic nitrogens is 2. The van der Waals surface area contributed by atoms with E-state index in [9.17, 15) is 4.79 Å². The van der Waals surface area contributed by atoms with Crippen LogP contribution in [0.25, 0.3) is 5.69 Å². The molecule has 1 amide bonds. The van der Waals surface area contributed by atoms with Gasteiger partial charge in [0.1, 0.15) is 22.3 Å². The Morgan fingerprint density at radius 1 is 1.15 bits per heavy atom. The summed E-state index contributed by atoms with van der Waals surface area (Å²) < 4.78 is 12.6. The van der Waals surface area contributed by atoms with E-state index in [2.05, 4.69) is 4.98 Å². The number of fused-ring (bicyclic) bond motifs is 3. The Kier molecular flexibility index (Phi) is 4.49. The molecule has 0 fully saturated rings. The molecule has 0 N–H and O–H groups in total. The van der Waals surface area contributed by atoms with Gasteiger partial charge in [-0.15, -0.1) is 0 Å². The van der Waals surface area contributed by atoms with Gasteiger partial charge in [0.05, 0.1) is 38.7 Å². The number of hydrogen-bond donors (Lipinski definition) is 0. The Balaban J connectivity index is 1.75. The van der Waals surface area contributed by atoms with Crippen LogP contribution < -0.4 is 9.47 Å². The lowest BCUT2D eigenvalue weighted by Crippen LogP contribution is -2.29. The molecule has 0 bridgehead atoms. The van der Waals surface area contributed by atoms with Crippen LogP contribution in [0.2, 0.25) is 5.15 Å². The minimum Gasteiger partial charge on any atom is -0.497 e. The van der Waals surface area contributed by atoms with Crippen molar-refractivity contribution in [2.24, 2.45) is 0 Å². The van der Waals surface area contributed by atoms with Crippen LogP contribution >= 0.6 is 11.6 Å². The van der Waals surface area contributed by atoms with Crippen molar-refractivity contribution < 1.29 is 14.3 Å².